The van der Waals surface area contributed by atoms with Crippen molar-refractivity contribution in [2.24, 2.45) is 5.92 Å². The zero-order valence-corrected chi connectivity index (χ0v) is 14.2. The molecule has 1 aliphatic carbocycles. The largest absolute Gasteiger partial charge is 0.342 e. The van der Waals surface area contributed by atoms with E-state index < -0.39 is 0 Å². The number of nitrogens with zero attached hydrogens (tertiary/aromatic N) is 2. The van der Waals surface area contributed by atoms with E-state index in [2.05, 4.69) is 35.8 Å². The van der Waals surface area contributed by atoms with Gasteiger partial charge in [0.25, 0.3) is 0 Å². The molecule has 0 aromatic carbocycles. The van der Waals surface area contributed by atoms with Crippen molar-refractivity contribution in [2.45, 2.75) is 45.1 Å². The molecule has 116 valence electrons. The van der Waals surface area contributed by atoms with Crippen LogP contribution in [0, 0.1) is 12.8 Å². The molecule has 1 saturated carbocycles. The van der Waals surface area contributed by atoms with E-state index in [1.807, 2.05) is 18.4 Å². The van der Waals surface area contributed by atoms with E-state index in [0.717, 1.165) is 38.9 Å². The quantitative estimate of drug-likeness (QED) is 0.853. The molecule has 0 radical (unpaired) electrons. The highest BCUT2D eigenvalue weighted by atomic mass is 32.1. The number of piperidine rings is 1. The fourth-order valence-corrected chi connectivity index (χ4v) is 4.56. The fraction of sp³-hybridized carbons (Fsp3) is 0.706. The second kappa shape index (κ2) is 6.09. The minimum absolute atomic E-state index is 0.247. The van der Waals surface area contributed by atoms with Gasteiger partial charge in [-0.1, -0.05) is 6.92 Å². The van der Waals surface area contributed by atoms with Gasteiger partial charge in [0.15, 0.2) is 0 Å². The van der Waals surface area contributed by atoms with Gasteiger partial charge in [0, 0.05) is 47.8 Å². The summed E-state index contributed by atoms with van der Waals surface area (Å²) < 4.78 is 0. The van der Waals surface area contributed by atoms with Crippen LogP contribution in [0.15, 0.2) is 12.1 Å². The molecule has 2 heterocycles. The molecular formula is C17H26N2OS. The number of hydrogen-bond acceptors (Lipinski definition) is 3. The van der Waals surface area contributed by atoms with Crippen LogP contribution in [-0.4, -0.2) is 48.4 Å². The van der Waals surface area contributed by atoms with Crippen LogP contribution in [0.2, 0.25) is 0 Å². The van der Waals surface area contributed by atoms with E-state index in [-0.39, 0.29) is 5.92 Å². The SMILES string of the molecule is CCN1CCC(N(C)C(=O)[C@H]2C[C@H]2c2ccc(C)s2)CC1. The Kier molecular flexibility index (Phi) is 4.36. The highest BCUT2D eigenvalue weighted by Crippen LogP contribution is 2.50. The van der Waals surface area contributed by atoms with Crippen molar-refractivity contribution in [2.75, 3.05) is 26.7 Å². The topological polar surface area (TPSA) is 23.6 Å². The van der Waals surface area contributed by atoms with E-state index in [0.29, 0.717) is 17.9 Å². The number of likely N-dealkylation sites (tertiary alicyclic amines) is 1. The molecule has 3 nitrogen and oxygen atoms in total. The summed E-state index contributed by atoms with van der Waals surface area (Å²) in [7, 11) is 2.02. The number of thiophene rings is 1. The van der Waals surface area contributed by atoms with Gasteiger partial charge in [-0.15, -0.1) is 11.3 Å². The monoisotopic (exact) mass is 306 g/mol. The predicted octanol–water partition coefficient (Wildman–Crippen LogP) is 3.10. The van der Waals surface area contributed by atoms with Crippen LogP contribution < -0.4 is 0 Å². The normalized spacial score (nSPS) is 26.8. The lowest BCUT2D eigenvalue weighted by molar-refractivity contribution is -0.134. The third-order valence-electron chi connectivity index (χ3n) is 5.13. The summed E-state index contributed by atoms with van der Waals surface area (Å²) in [6, 6.07) is 4.83. The van der Waals surface area contributed by atoms with Crippen LogP contribution in [0.5, 0.6) is 0 Å². The van der Waals surface area contributed by atoms with E-state index in [4.69, 9.17) is 0 Å². The predicted molar refractivity (Wildman–Crippen MR) is 87.8 cm³/mol. The smallest absolute Gasteiger partial charge is 0.226 e. The van der Waals surface area contributed by atoms with Gasteiger partial charge in [0.05, 0.1) is 0 Å². The van der Waals surface area contributed by atoms with E-state index >= 15 is 0 Å². The fourth-order valence-electron chi connectivity index (χ4n) is 3.50. The summed E-state index contributed by atoms with van der Waals surface area (Å²) in [5.41, 5.74) is 0. The summed E-state index contributed by atoms with van der Waals surface area (Å²) >= 11 is 1.85. The zero-order chi connectivity index (χ0) is 15.0. The minimum Gasteiger partial charge on any atom is -0.342 e. The number of hydrogen-bond donors (Lipinski definition) is 0. The maximum Gasteiger partial charge on any atom is 0.226 e. The van der Waals surface area contributed by atoms with Gasteiger partial charge in [0.1, 0.15) is 0 Å². The molecule has 2 atom stereocenters. The average Bonchev–Trinajstić information content (AvgIpc) is 3.20. The molecule has 1 saturated heterocycles. The lowest BCUT2D eigenvalue weighted by Gasteiger charge is -2.36. The summed E-state index contributed by atoms with van der Waals surface area (Å²) in [6.07, 6.45) is 3.31. The third kappa shape index (κ3) is 3.16. The van der Waals surface area contributed by atoms with Crippen LogP contribution in [0.3, 0.4) is 0 Å². The highest BCUT2D eigenvalue weighted by Gasteiger charge is 2.46. The molecule has 2 fully saturated rings. The van der Waals surface area contributed by atoms with Crippen molar-refractivity contribution in [3.8, 4) is 0 Å². The number of carbonyl (C=O) groups is 1. The van der Waals surface area contributed by atoms with E-state index in [1.165, 1.54) is 9.75 Å². The molecule has 3 rings (SSSR count). The molecule has 1 aromatic heterocycles. The maximum atomic E-state index is 12.7. The van der Waals surface area contributed by atoms with Gasteiger partial charge in [-0.2, -0.15) is 0 Å². The van der Waals surface area contributed by atoms with Crippen molar-refractivity contribution in [3.05, 3.63) is 21.9 Å². The van der Waals surface area contributed by atoms with Gasteiger partial charge < -0.3 is 9.80 Å². The van der Waals surface area contributed by atoms with Gasteiger partial charge in [-0.3, -0.25) is 4.79 Å². The molecule has 2 aliphatic rings. The van der Waals surface area contributed by atoms with Gasteiger partial charge in [-0.05, 0) is 44.9 Å². The molecule has 0 spiro atoms. The highest BCUT2D eigenvalue weighted by molar-refractivity contribution is 7.12. The van der Waals surface area contributed by atoms with Gasteiger partial charge in [0.2, 0.25) is 5.91 Å². The first-order chi connectivity index (χ1) is 10.1. The molecule has 0 N–H and O–H groups in total. The molecular weight excluding hydrogens is 280 g/mol. The first-order valence-electron chi connectivity index (χ1n) is 8.15. The Labute approximate surface area is 131 Å². The van der Waals surface area contributed by atoms with Crippen molar-refractivity contribution < 1.29 is 4.79 Å². The Morgan fingerprint density at radius 1 is 1.38 bits per heavy atom. The Balaban J connectivity index is 1.54. The number of aryl methyl sites for hydroxylation is 1. The van der Waals surface area contributed by atoms with Gasteiger partial charge in [-0.25, -0.2) is 0 Å². The molecule has 1 aliphatic heterocycles. The lowest BCUT2D eigenvalue weighted by Crippen LogP contribution is -2.46. The second-order valence-electron chi connectivity index (χ2n) is 6.51. The maximum absolute atomic E-state index is 12.7. The Morgan fingerprint density at radius 2 is 2.10 bits per heavy atom. The number of amides is 1. The third-order valence-corrected chi connectivity index (χ3v) is 6.27. The van der Waals surface area contributed by atoms with E-state index in [9.17, 15) is 4.79 Å². The van der Waals surface area contributed by atoms with Crippen molar-refractivity contribution in [3.63, 3.8) is 0 Å². The average molecular weight is 306 g/mol. The van der Waals surface area contributed by atoms with Crippen LogP contribution >= 0.6 is 11.3 Å². The summed E-state index contributed by atoms with van der Waals surface area (Å²) in [6.45, 7) is 7.76. The minimum atomic E-state index is 0.247. The van der Waals surface area contributed by atoms with Crippen LogP contribution in [0.1, 0.15) is 41.9 Å². The molecule has 1 amide bonds. The lowest BCUT2D eigenvalue weighted by atomic mass is 10.0. The molecule has 21 heavy (non-hydrogen) atoms. The molecule has 0 unspecified atom stereocenters. The number of rotatable bonds is 4. The Morgan fingerprint density at radius 3 is 2.67 bits per heavy atom. The summed E-state index contributed by atoms with van der Waals surface area (Å²) in [5.74, 6) is 1.12. The first kappa shape index (κ1) is 15.0. The standard InChI is InChI=1S/C17H26N2OS/c1-4-19-9-7-13(8-10-19)18(3)17(20)15-11-14(15)16-6-5-12(2)21-16/h5-6,13-15H,4,7-11H2,1-3H3/t14-,15+/m1/s1. The zero-order valence-electron chi connectivity index (χ0n) is 13.3. The van der Waals surface area contributed by atoms with Crippen molar-refractivity contribution in [1.29, 1.82) is 0 Å². The van der Waals surface area contributed by atoms with E-state index in [1.54, 1.807) is 0 Å². The van der Waals surface area contributed by atoms with Crippen molar-refractivity contribution in [1.82, 2.24) is 9.80 Å². The molecule has 4 heteroatoms. The van der Waals surface area contributed by atoms with Crippen molar-refractivity contribution >= 4 is 17.2 Å². The first-order valence-corrected chi connectivity index (χ1v) is 8.97. The number of carbonyl (C=O) groups excluding carboxylic acids is 1. The Bertz CT molecular complexity index is 505. The van der Waals surface area contributed by atoms with Gasteiger partial charge >= 0.3 is 0 Å². The van der Waals surface area contributed by atoms with Crippen LogP contribution in [0.25, 0.3) is 0 Å². The second-order valence-corrected chi connectivity index (χ2v) is 7.83. The summed E-state index contributed by atoms with van der Waals surface area (Å²) in [4.78, 5) is 19.9. The van der Waals surface area contributed by atoms with Crippen LogP contribution in [0.4, 0.5) is 0 Å². The molecule has 1 aromatic rings. The Hall–Kier alpha value is -0.870. The van der Waals surface area contributed by atoms with Crippen LogP contribution in [-0.2, 0) is 4.79 Å². The molecule has 0 bridgehead atoms. The summed E-state index contributed by atoms with van der Waals surface area (Å²) in [5, 5.41) is 0.